The minimum atomic E-state index is -2.10. The summed E-state index contributed by atoms with van der Waals surface area (Å²) in [7, 11) is 0. The monoisotopic (exact) mass is 340 g/mol. The van der Waals surface area contributed by atoms with Crippen molar-refractivity contribution in [1.82, 2.24) is 0 Å². The zero-order chi connectivity index (χ0) is 19.0. The fourth-order valence-electron chi connectivity index (χ4n) is 3.28. The lowest BCUT2D eigenvalue weighted by atomic mass is 9.72. The van der Waals surface area contributed by atoms with Gasteiger partial charge in [-0.05, 0) is 22.0 Å². The van der Waals surface area contributed by atoms with Gasteiger partial charge in [0.2, 0.25) is 5.60 Å². The Hall–Kier alpha value is -2.13. The van der Waals surface area contributed by atoms with Gasteiger partial charge in [0.1, 0.15) is 0 Å². The topological polar surface area (TPSA) is 57.5 Å². The summed E-state index contributed by atoms with van der Waals surface area (Å²) in [6, 6.07) is 14.5. The molecule has 0 atom stereocenters. The van der Waals surface area contributed by atoms with Crippen LogP contribution in [-0.2, 0) is 21.2 Å². The lowest BCUT2D eigenvalue weighted by molar-refractivity contribution is -0.155. The summed E-state index contributed by atoms with van der Waals surface area (Å²) in [5, 5.41) is 21.6. The van der Waals surface area contributed by atoms with Crippen LogP contribution < -0.4 is 0 Å². The van der Waals surface area contributed by atoms with Gasteiger partial charge in [-0.2, -0.15) is 0 Å². The summed E-state index contributed by atoms with van der Waals surface area (Å²) >= 11 is 0. The summed E-state index contributed by atoms with van der Waals surface area (Å²) in [5.74, 6) is -1.26. The van der Waals surface area contributed by atoms with Crippen LogP contribution in [0.2, 0.25) is 0 Å². The van der Waals surface area contributed by atoms with E-state index in [1.807, 2.05) is 65.8 Å². The fourth-order valence-corrected chi connectivity index (χ4v) is 3.28. The summed E-state index contributed by atoms with van der Waals surface area (Å²) in [4.78, 5) is 12.3. The molecule has 3 nitrogen and oxygen atoms in total. The van der Waals surface area contributed by atoms with E-state index >= 15 is 0 Å². The minimum absolute atomic E-state index is 0.295. The Morgan fingerprint density at radius 1 is 0.680 bits per heavy atom. The number of carboxylic acid groups (broad SMARTS) is 1. The summed E-state index contributed by atoms with van der Waals surface area (Å²) < 4.78 is 0. The molecule has 0 fully saturated rings. The molecule has 0 aliphatic heterocycles. The van der Waals surface area contributed by atoms with Crippen LogP contribution in [0.25, 0.3) is 0 Å². The Kier molecular flexibility index (Phi) is 4.84. The van der Waals surface area contributed by atoms with Crippen LogP contribution in [0.4, 0.5) is 0 Å². The number of hydrogen-bond acceptors (Lipinski definition) is 2. The minimum Gasteiger partial charge on any atom is -0.479 e. The average molecular weight is 340 g/mol. The van der Waals surface area contributed by atoms with Gasteiger partial charge < -0.3 is 10.2 Å². The molecule has 2 aromatic carbocycles. The first kappa shape index (κ1) is 19.2. The summed E-state index contributed by atoms with van der Waals surface area (Å²) in [5.41, 5.74) is -0.202. The molecule has 2 N–H and O–H groups in total. The smallest absolute Gasteiger partial charge is 0.345 e. The molecule has 134 valence electrons. The van der Waals surface area contributed by atoms with E-state index < -0.39 is 11.6 Å². The lowest BCUT2D eigenvalue weighted by Crippen LogP contribution is -2.41. The number of hydrogen-bond donors (Lipinski definition) is 2. The maximum atomic E-state index is 12.3. The number of rotatable bonds is 3. The van der Waals surface area contributed by atoms with Gasteiger partial charge in [-0.3, -0.25) is 0 Å². The Morgan fingerprint density at radius 2 is 0.960 bits per heavy atom. The van der Waals surface area contributed by atoms with Crippen LogP contribution in [0.15, 0.2) is 48.5 Å². The molecule has 2 aromatic rings. The van der Waals surface area contributed by atoms with Crippen LogP contribution >= 0.6 is 0 Å². The van der Waals surface area contributed by atoms with Gasteiger partial charge in [-0.1, -0.05) is 90.1 Å². The molecule has 2 rings (SSSR count). The third-order valence-corrected chi connectivity index (χ3v) is 4.56. The molecule has 0 unspecified atom stereocenters. The predicted octanol–water partition coefficient (Wildman–Crippen LogP) is 4.60. The lowest BCUT2D eigenvalue weighted by Gasteiger charge is -2.35. The second kappa shape index (κ2) is 6.30. The second-order valence-electron chi connectivity index (χ2n) is 8.61. The number of benzene rings is 2. The van der Waals surface area contributed by atoms with Crippen LogP contribution in [-0.4, -0.2) is 16.2 Å². The van der Waals surface area contributed by atoms with E-state index in [0.29, 0.717) is 11.1 Å². The molecule has 0 amide bonds. The van der Waals surface area contributed by atoms with Crippen molar-refractivity contribution in [2.24, 2.45) is 0 Å². The zero-order valence-corrected chi connectivity index (χ0v) is 15.9. The van der Waals surface area contributed by atoms with E-state index in [0.717, 1.165) is 11.1 Å². The molecule has 0 heterocycles. The highest BCUT2D eigenvalue weighted by Gasteiger charge is 2.45. The number of aliphatic carboxylic acids is 1. The summed E-state index contributed by atoms with van der Waals surface area (Å²) in [6.07, 6.45) is 0. The maximum absolute atomic E-state index is 12.3. The quantitative estimate of drug-likeness (QED) is 0.858. The molecular formula is C22H28O3. The first-order valence-electron chi connectivity index (χ1n) is 8.56. The molecule has 0 saturated heterocycles. The van der Waals surface area contributed by atoms with Gasteiger partial charge in [0.15, 0.2) is 0 Å². The fraction of sp³-hybridized carbons (Fsp3) is 0.409. The highest BCUT2D eigenvalue weighted by Crippen LogP contribution is 2.41. The summed E-state index contributed by atoms with van der Waals surface area (Å²) in [6.45, 7) is 12.1. The largest absolute Gasteiger partial charge is 0.479 e. The van der Waals surface area contributed by atoms with E-state index in [1.165, 1.54) is 0 Å². The van der Waals surface area contributed by atoms with Crippen molar-refractivity contribution >= 4 is 5.97 Å². The molecule has 0 bridgehead atoms. The standard InChI is InChI=1S/C22H28O3/c1-20(2,3)15-11-7-9-13-17(15)22(25,19(23)24)18-14-10-8-12-16(18)21(4,5)6/h7-14,25H,1-6H3,(H,23,24). The van der Waals surface area contributed by atoms with Crippen LogP contribution in [0.3, 0.4) is 0 Å². The normalized spacial score (nSPS) is 12.9. The Balaban J connectivity index is 2.87. The molecule has 0 spiro atoms. The molecular weight excluding hydrogens is 312 g/mol. The molecule has 0 radical (unpaired) electrons. The van der Waals surface area contributed by atoms with E-state index in [2.05, 4.69) is 0 Å². The zero-order valence-electron chi connectivity index (χ0n) is 15.9. The van der Waals surface area contributed by atoms with Gasteiger partial charge in [-0.15, -0.1) is 0 Å². The van der Waals surface area contributed by atoms with Crippen molar-refractivity contribution in [3.63, 3.8) is 0 Å². The first-order chi connectivity index (χ1) is 11.4. The van der Waals surface area contributed by atoms with Crippen molar-refractivity contribution in [3.05, 3.63) is 70.8 Å². The molecule has 0 saturated carbocycles. The Morgan fingerprint density at radius 3 is 1.20 bits per heavy atom. The van der Waals surface area contributed by atoms with Crippen molar-refractivity contribution in [1.29, 1.82) is 0 Å². The number of aliphatic hydroxyl groups is 1. The highest BCUT2D eigenvalue weighted by molar-refractivity contribution is 5.85. The van der Waals surface area contributed by atoms with E-state index in [4.69, 9.17) is 0 Å². The van der Waals surface area contributed by atoms with Crippen LogP contribution in [0.1, 0.15) is 63.8 Å². The van der Waals surface area contributed by atoms with E-state index in [1.54, 1.807) is 24.3 Å². The van der Waals surface area contributed by atoms with Gasteiger partial charge >= 0.3 is 5.97 Å². The maximum Gasteiger partial charge on any atom is 0.345 e. The van der Waals surface area contributed by atoms with Crippen LogP contribution in [0, 0.1) is 0 Å². The van der Waals surface area contributed by atoms with Crippen molar-refractivity contribution < 1.29 is 15.0 Å². The highest BCUT2D eigenvalue weighted by atomic mass is 16.4. The third kappa shape index (κ3) is 3.47. The van der Waals surface area contributed by atoms with Crippen molar-refractivity contribution in [2.75, 3.05) is 0 Å². The van der Waals surface area contributed by atoms with E-state index in [9.17, 15) is 15.0 Å². The van der Waals surface area contributed by atoms with Gasteiger partial charge in [0.25, 0.3) is 0 Å². The molecule has 3 heteroatoms. The number of carboxylic acids is 1. The second-order valence-corrected chi connectivity index (χ2v) is 8.61. The van der Waals surface area contributed by atoms with Gasteiger partial charge in [0.05, 0.1) is 0 Å². The first-order valence-corrected chi connectivity index (χ1v) is 8.56. The van der Waals surface area contributed by atoms with Crippen molar-refractivity contribution in [3.8, 4) is 0 Å². The molecule has 0 aliphatic carbocycles. The number of carbonyl (C=O) groups is 1. The SMILES string of the molecule is CC(C)(C)c1ccccc1C(O)(C(=O)O)c1ccccc1C(C)(C)C. The van der Waals surface area contributed by atoms with Crippen LogP contribution in [0.5, 0.6) is 0 Å². The van der Waals surface area contributed by atoms with Crippen molar-refractivity contribution in [2.45, 2.75) is 58.0 Å². The molecule has 0 aromatic heterocycles. The molecule has 25 heavy (non-hydrogen) atoms. The third-order valence-electron chi connectivity index (χ3n) is 4.56. The molecule has 0 aliphatic rings. The van der Waals surface area contributed by atoms with Gasteiger partial charge in [-0.25, -0.2) is 4.79 Å². The van der Waals surface area contributed by atoms with Gasteiger partial charge in [0, 0.05) is 11.1 Å². The Labute approximate surface area is 150 Å². The average Bonchev–Trinajstić information content (AvgIpc) is 2.52. The Bertz CT molecular complexity index is 719. The van der Waals surface area contributed by atoms with E-state index in [-0.39, 0.29) is 10.8 Å². The predicted molar refractivity (Wildman–Crippen MR) is 101 cm³/mol.